The van der Waals surface area contributed by atoms with Crippen LogP contribution in [0.4, 0.5) is 17.1 Å². The Bertz CT molecular complexity index is 3980. The Kier molecular flexibility index (Phi) is 8.88. The quantitative estimate of drug-likeness (QED) is 0.158. The maximum absolute atomic E-state index is 7.27. The Hall–Kier alpha value is -8.72. The zero-order valence-electron chi connectivity index (χ0n) is 39.0. The number of furan rings is 1. The third-order valence-corrected chi connectivity index (χ3v) is 15.5. The average molecular weight is 894 g/mol. The molecule has 0 saturated carbocycles. The van der Waals surface area contributed by atoms with Crippen molar-refractivity contribution in [2.45, 2.75) is 24.7 Å². The van der Waals surface area contributed by atoms with Crippen LogP contribution in [0.15, 0.2) is 253 Å². The van der Waals surface area contributed by atoms with Crippen LogP contribution in [0.1, 0.15) is 47.2 Å². The minimum absolute atomic E-state index is 0.212. The van der Waals surface area contributed by atoms with Gasteiger partial charge in [0.05, 0.1) is 16.5 Å². The molecule has 70 heavy (non-hydrogen) atoms. The molecule has 1 heterocycles. The first kappa shape index (κ1) is 40.4. The number of hydrogen-bond acceptors (Lipinski definition) is 2. The first-order chi connectivity index (χ1) is 34.5. The number of fused-ring (bicyclic) bond motifs is 11. The molecule has 330 valence electrons. The lowest BCUT2D eigenvalue weighted by atomic mass is 9.67. The number of anilines is 3. The fourth-order valence-corrected chi connectivity index (χ4v) is 12.4. The summed E-state index contributed by atoms with van der Waals surface area (Å²) < 4.78 is 7.27. The summed E-state index contributed by atoms with van der Waals surface area (Å²) in [5.41, 5.74) is 21.5. The second-order valence-corrected chi connectivity index (χ2v) is 19.5. The van der Waals surface area contributed by atoms with E-state index in [9.17, 15) is 0 Å². The van der Waals surface area contributed by atoms with Crippen molar-refractivity contribution in [3.63, 3.8) is 0 Å². The van der Waals surface area contributed by atoms with Gasteiger partial charge in [-0.25, -0.2) is 0 Å². The summed E-state index contributed by atoms with van der Waals surface area (Å²) in [5.74, 6) is 0. The van der Waals surface area contributed by atoms with Gasteiger partial charge in [-0.05, 0) is 126 Å². The Morgan fingerprint density at radius 1 is 0.343 bits per heavy atom. The van der Waals surface area contributed by atoms with Crippen molar-refractivity contribution in [1.29, 1.82) is 0 Å². The Morgan fingerprint density at radius 2 is 0.843 bits per heavy atom. The van der Waals surface area contributed by atoms with Gasteiger partial charge < -0.3 is 9.32 Å². The van der Waals surface area contributed by atoms with E-state index in [-0.39, 0.29) is 5.41 Å². The molecule has 2 heteroatoms. The highest BCUT2D eigenvalue weighted by Crippen LogP contribution is 2.59. The van der Waals surface area contributed by atoms with Crippen molar-refractivity contribution in [1.82, 2.24) is 0 Å². The van der Waals surface area contributed by atoms with E-state index in [2.05, 4.69) is 267 Å². The zero-order chi connectivity index (χ0) is 46.6. The second-order valence-electron chi connectivity index (χ2n) is 19.5. The standard InChI is InChI=1S/C68H47NO/c1-67(2)59-33-19-17-30-52(59)54-37-35-49(41-61(54)67)69(50-36-38-55-53-31-18-20-34-60(53)68(62(55)42-50,47-25-11-5-12-26-47)48-27-13-6-14-28-48)63-39-46(44-21-7-3-8-22-44)40-64-65(63)58-43-57(45-23-9-4-10-24-45)51-29-15-16-32-56(51)66(58)70-64/h3-43H,1-2H3. The molecule has 0 fully saturated rings. The molecule has 2 nitrogen and oxygen atoms in total. The summed E-state index contributed by atoms with van der Waals surface area (Å²) in [7, 11) is 0. The number of nitrogens with zero attached hydrogens (tertiary/aromatic N) is 1. The largest absolute Gasteiger partial charge is 0.455 e. The van der Waals surface area contributed by atoms with Gasteiger partial charge in [-0.3, -0.25) is 0 Å². The first-order valence-electron chi connectivity index (χ1n) is 24.4. The molecular weight excluding hydrogens is 847 g/mol. The van der Waals surface area contributed by atoms with Gasteiger partial charge in [0, 0.05) is 27.6 Å². The monoisotopic (exact) mass is 893 g/mol. The van der Waals surface area contributed by atoms with Gasteiger partial charge in [-0.1, -0.05) is 220 Å². The van der Waals surface area contributed by atoms with Crippen molar-refractivity contribution < 1.29 is 4.42 Å². The van der Waals surface area contributed by atoms with Crippen molar-refractivity contribution in [2.24, 2.45) is 0 Å². The Labute approximate surface area is 408 Å². The van der Waals surface area contributed by atoms with Gasteiger partial charge in [-0.15, -0.1) is 0 Å². The van der Waals surface area contributed by atoms with Crippen LogP contribution >= 0.6 is 0 Å². The molecular formula is C68H47NO. The van der Waals surface area contributed by atoms with Crippen LogP contribution in [0.2, 0.25) is 0 Å². The topological polar surface area (TPSA) is 16.4 Å². The van der Waals surface area contributed by atoms with E-state index in [0.29, 0.717) is 0 Å². The predicted octanol–water partition coefficient (Wildman–Crippen LogP) is 18.2. The van der Waals surface area contributed by atoms with Crippen LogP contribution in [-0.2, 0) is 10.8 Å². The first-order valence-corrected chi connectivity index (χ1v) is 24.4. The molecule has 12 aromatic rings. The maximum Gasteiger partial charge on any atom is 0.143 e. The molecule has 0 spiro atoms. The summed E-state index contributed by atoms with van der Waals surface area (Å²) in [6, 6.07) is 91.9. The van der Waals surface area contributed by atoms with Crippen molar-refractivity contribution in [2.75, 3.05) is 4.90 Å². The molecule has 2 aliphatic rings. The molecule has 11 aromatic carbocycles. The third kappa shape index (κ3) is 5.80. The highest BCUT2D eigenvalue weighted by Gasteiger charge is 2.46. The van der Waals surface area contributed by atoms with Gasteiger partial charge in [0.25, 0.3) is 0 Å². The van der Waals surface area contributed by atoms with Gasteiger partial charge in [-0.2, -0.15) is 0 Å². The van der Waals surface area contributed by atoms with Crippen molar-refractivity contribution >= 4 is 49.8 Å². The maximum atomic E-state index is 7.27. The third-order valence-electron chi connectivity index (χ3n) is 15.5. The molecule has 0 bridgehead atoms. The molecule has 0 atom stereocenters. The summed E-state index contributed by atoms with van der Waals surface area (Å²) in [5, 5.41) is 4.41. The second kappa shape index (κ2) is 15.4. The molecule has 0 aliphatic heterocycles. The van der Waals surface area contributed by atoms with Crippen LogP contribution in [0, 0.1) is 0 Å². The summed E-state index contributed by atoms with van der Waals surface area (Å²) >= 11 is 0. The molecule has 1 aromatic heterocycles. The smallest absolute Gasteiger partial charge is 0.143 e. The Morgan fingerprint density at radius 3 is 1.50 bits per heavy atom. The van der Waals surface area contributed by atoms with Crippen LogP contribution < -0.4 is 4.90 Å². The summed E-state index contributed by atoms with van der Waals surface area (Å²) in [6.45, 7) is 4.75. The fourth-order valence-electron chi connectivity index (χ4n) is 12.4. The predicted molar refractivity (Wildman–Crippen MR) is 292 cm³/mol. The van der Waals surface area contributed by atoms with Gasteiger partial charge in [0.1, 0.15) is 11.2 Å². The molecule has 14 rings (SSSR count). The molecule has 0 N–H and O–H groups in total. The van der Waals surface area contributed by atoms with Gasteiger partial charge in [0.2, 0.25) is 0 Å². The SMILES string of the molecule is CC1(C)c2ccccc2-c2ccc(N(c3ccc4c(c3)C(c3ccccc3)(c3ccccc3)c3ccccc3-4)c3cc(-c4ccccc4)cc4oc5c6ccccc6c(-c6ccccc6)cc5c34)cc21. The lowest BCUT2D eigenvalue weighted by molar-refractivity contribution is 0.660. The van der Waals surface area contributed by atoms with E-state index in [1.54, 1.807) is 0 Å². The molecule has 2 aliphatic carbocycles. The fraction of sp³-hybridized carbons (Fsp3) is 0.0588. The highest BCUT2D eigenvalue weighted by molar-refractivity contribution is 6.23. The van der Waals surface area contributed by atoms with Crippen molar-refractivity contribution in [3.8, 4) is 44.5 Å². The summed E-state index contributed by atoms with van der Waals surface area (Å²) in [4.78, 5) is 2.53. The van der Waals surface area contributed by atoms with E-state index in [0.717, 1.165) is 55.5 Å². The lowest BCUT2D eigenvalue weighted by Gasteiger charge is -2.35. The van der Waals surface area contributed by atoms with E-state index >= 15 is 0 Å². The van der Waals surface area contributed by atoms with Gasteiger partial charge in [0.15, 0.2) is 0 Å². The molecule has 0 unspecified atom stereocenters. The van der Waals surface area contributed by atoms with E-state index in [4.69, 9.17) is 4.42 Å². The van der Waals surface area contributed by atoms with Crippen LogP contribution in [0.25, 0.3) is 77.2 Å². The molecule has 0 saturated heterocycles. The average Bonchev–Trinajstić information content (AvgIpc) is 4.03. The summed E-state index contributed by atoms with van der Waals surface area (Å²) in [6.07, 6.45) is 0. The van der Waals surface area contributed by atoms with Gasteiger partial charge >= 0.3 is 0 Å². The Balaban J connectivity index is 1.12. The van der Waals surface area contributed by atoms with E-state index in [1.165, 1.54) is 72.1 Å². The minimum atomic E-state index is -0.579. The molecule has 0 radical (unpaired) electrons. The number of rotatable bonds is 7. The van der Waals surface area contributed by atoms with Crippen LogP contribution in [0.3, 0.4) is 0 Å². The highest BCUT2D eigenvalue weighted by atomic mass is 16.3. The van der Waals surface area contributed by atoms with E-state index < -0.39 is 5.41 Å². The van der Waals surface area contributed by atoms with Crippen LogP contribution in [-0.4, -0.2) is 0 Å². The zero-order valence-corrected chi connectivity index (χ0v) is 39.0. The normalized spacial score (nSPS) is 13.8. The lowest BCUT2D eigenvalue weighted by Crippen LogP contribution is -2.28. The molecule has 0 amide bonds. The van der Waals surface area contributed by atoms with Crippen molar-refractivity contribution in [3.05, 3.63) is 282 Å². The number of benzene rings is 11. The van der Waals surface area contributed by atoms with Crippen LogP contribution in [0.5, 0.6) is 0 Å². The van der Waals surface area contributed by atoms with E-state index in [1.807, 2.05) is 0 Å². The minimum Gasteiger partial charge on any atom is -0.455 e. The number of hydrogen-bond donors (Lipinski definition) is 0.